The van der Waals surface area contributed by atoms with Crippen LogP contribution in [0.15, 0.2) is 12.2 Å². The van der Waals surface area contributed by atoms with E-state index < -0.39 is 0 Å². The number of hydrogen-bond donors (Lipinski definition) is 1. The van der Waals surface area contributed by atoms with Crippen LogP contribution < -0.4 is 5.32 Å². The highest BCUT2D eigenvalue weighted by Gasteiger charge is 2.09. The van der Waals surface area contributed by atoms with Crippen molar-refractivity contribution < 1.29 is 0 Å². The van der Waals surface area contributed by atoms with Crippen LogP contribution in [-0.2, 0) is 0 Å². The maximum atomic E-state index is 8.78. The van der Waals surface area contributed by atoms with Crippen LogP contribution in [0.5, 0.6) is 0 Å². The normalized spacial score (nSPS) is 12.8. The summed E-state index contributed by atoms with van der Waals surface area (Å²) >= 11 is 0. The first-order valence-electron chi connectivity index (χ1n) is 6.01. The molecular formula is C13H25N3. The van der Waals surface area contributed by atoms with E-state index in [9.17, 15) is 0 Å². The Bertz CT molecular complexity index is 240. The first-order chi connectivity index (χ1) is 7.49. The Kier molecular flexibility index (Phi) is 7.88. The zero-order valence-electron chi connectivity index (χ0n) is 11.1. The van der Waals surface area contributed by atoms with Crippen molar-refractivity contribution in [3.63, 3.8) is 0 Å². The largest absolute Gasteiger partial charge is 0.311 e. The number of nitrogens with zero attached hydrogens (tertiary/aromatic N) is 2. The summed E-state index contributed by atoms with van der Waals surface area (Å²) < 4.78 is 0. The van der Waals surface area contributed by atoms with Crippen LogP contribution in [-0.4, -0.2) is 37.1 Å². The third-order valence-electron chi connectivity index (χ3n) is 2.41. The smallest absolute Gasteiger partial charge is 0.0666 e. The van der Waals surface area contributed by atoms with E-state index in [0.717, 1.165) is 26.2 Å². The monoisotopic (exact) mass is 223 g/mol. The molecule has 1 unspecified atom stereocenters. The number of likely N-dealkylation sites (N-methyl/N-ethyl adjacent to an activating group) is 1. The van der Waals surface area contributed by atoms with Gasteiger partial charge in [-0.05, 0) is 19.0 Å². The summed E-state index contributed by atoms with van der Waals surface area (Å²) in [6.45, 7) is 15.9. The van der Waals surface area contributed by atoms with Gasteiger partial charge < -0.3 is 5.32 Å². The Morgan fingerprint density at radius 1 is 1.44 bits per heavy atom. The zero-order valence-corrected chi connectivity index (χ0v) is 11.1. The molecular weight excluding hydrogens is 198 g/mol. The molecule has 0 bridgehead atoms. The van der Waals surface area contributed by atoms with Crippen LogP contribution >= 0.6 is 0 Å². The summed E-state index contributed by atoms with van der Waals surface area (Å²) in [6, 6.07) is 2.76. The molecule has 0 radical (unpaired) electrons. The topological polar surface area (TPSA) is 39.1 Å². The Hall–Kier alpha value is -0.850. The molecule has 1 atom stereocenters. The minimum atomic E-state index is 0.0887. The third kappa shape index (κ3) is 7.44. The lowest BCUT2D eigenvalue weighted by Gasteiger charge is -2.23. The molecule has 0 aliphatic carbocycles. The quantitative estimate of drug-likeness (QED) is 0.640. The highest BCUT2D eigenvalue weighted by molar-refractivity contribution is 5.00. The van der Waals surface area contributed by atoms with Gasteiger partial charge in [0.25, 0.3) is 0 Å². The number of nitrogens with one attached hydrogen (secondary N) is 1. The van der Waals surface area contributed by atoms with Gasteiger partial charge in [-0.3, -0.25) is 4.90 Å². The fourth-order valence-electron chi connectivity index (χ4n) is 1.45. The molecule has 92 valence electrons. The van der Waals surface area contributed by atoms with E-state index >= 15 is 0 Å². The molecule has 0 fully saturated rings. The highest BCUT2D eigenvalue weighted by Crippen LogP contribution is 2.02. The summed E-state index contributed by atoms with van der Waals surface area (Å²) in [5.74, 6) is 0.0887. The molecule has 0 aliphatic rings. The molecule has 0 aliphatic heterocycles. The highest BCUT2D eigenvalue weighted by atomic mass is 15.1. The fraction of sp³-hybridized carbons (Fsp3) is 0.769. The molecule has 0 saturated heterocycles. The van der Waals surface area contributed by atoms with E-state index in [-0.39, 0.29) is 5.92 Å². The number of hydrogen-bond acceptors (Lipinski definition) is 3. The molecule has 3 nitrogen and oxygen atoms in total. The van der Waals surface area contributed by atoms with Crippen molar-refractivity contribution in [3.8, 4) is 6.07 Å². The van der Waals surface area contributed by atoms with Crippen molar-refractivity contribution in [2.75, 3.05) is 26.2 Å². The standard InChI is InChI=1S/C13H25N3/c1-6-16(9-12(4)7-14)10-13(5)8-15-11(2)3/h11-12,15H,5-6,8-10H2,1-4H3. The van der Waals surface area contributed by atoms with E-state index in [1.807, 2.05) is 6.92 Å². The van der Waals surface area contributed by atoms with Gasteiger partial charge in [-0.15, -0.1) is 0 Å². The summed E-state index contributed by atoms with van der Waals surface area (Å²) in [5, 5.41) is 12.1. The van der Waals surface area contributed by atoms with Crippen LogP contribution in [0.25, 0.3) is 0 Å². The lowest BCUT2D eigenvalue weighted by molar-refractivity contribution is 0.288. The average Bonchev–Trinajstić information content (AvgIpc) is 2.25. The molecule has 0 aromatic rings. The van der Waals surface area contributed by atoms with E-state index in [2.05, 4.69) is 43.6 Å². The minimum absolute atomic E-state index is 0.0887. The summed E-state index contributed by atoms with van der Waals surface area (Å²) in [6.07, 6.45) is 0. The predicted molar refractivity (Wildman–Crippen MR) is 69.2 cm³/mol. The fourth-order valence-corrected chi connectivity index (χ4v) is 1.45. The van der Waals surface area contributed by atoms with E-state index in [1.54, 1.807) is 0 Å². The van der Waals surface area contributed by atoms with Crippen molar-refractivity contribution in [2.24, 2.45) is 5.92 Å². The van der Waals surface area contributed by atoms with Gasteiger partial charge in [0.1, 0.15) is 0 Å². The Morgan fingerprint density at radius 3 is 2.50 bits per heavy atom. The van der Waals surface area contributed by atoms with Crippen LogP contribution in [0.2, 0.25) is 0 Å². The van der Waals surface area contributed by atoms with Crippen molar-refractivity contribution in [3.05, 3.63) is 12.2 Å². The van der Waals surface area contributed by atoms with Crippen molar-refractivity contribution in [1.29, 1.82) is 5.26 Å². The summed E-state index contributed by atoms with van der Waals surface area (Å²) in [4.78, 5) is 2.26. The molecule has 1 N–H and O–H groups in total. The zero-order chi connectivity index (χ0) is 12.6. The van der Waals surface area contributed by atoms with Crippen molar-refractivity contribution >= 4 is 0 Å². The average molecular weight is 223 g/mol. The second kappa shape index (κ2) is 8.32. The van der Waals surface area contributed by atoms with Crippen LogP contribution in [0.4, 0.5) is 0 Å². The van der Waals surface area contributed by atoms with Gasteiger partial charge in [0.15, 0.2) is 0 Å². The van der Waals surface area contributed by atoms with E-state index in [4.69, 9.17) is 5.26 Å². The molecule has 0 rings (SSSR count). The summed E-state index contributed by atoms with van der Waals surface area (Å²) in [7, 11) is 0. The molecule has 0 aromatic carbocycles. The number of rotatable bonds is 8. The van der Waals surface area contributed by atoms with Crippen LogP contribution in [0.1, 0.15) is 27.7 Å². The molecule has 0 heterocycles. The Balaban J connectivity index is 3.93. The van der Waals surface area contributed by atoms with Crippen LogP contribution in [0.3, 0.4) is 0 Å². The van der Waals surface area contributed by atoms with Gasteiger partial charge in [-0.25, -0.2) is 0 Å². The van der Waals surface area contributed by atoms with Crippen molar-refractivity contribution in [2.45, 2.75) is 33.7 Å². The predicted octanol–water partition coefficient (Wildman–Crippen LogP) is 2.02. The van der Waals surface area contributed by atoms with Gasteiger partial charge in [0.2, 0.25) is 0 Å². The molecule has 3 heteroatoms. The van der Waals surface area contributed by atoms with Gasteiger partial charge in [-0.2, -0.15) is 5.26 Å². The first kappa shape index (κ1) is 15.2. The molecule has 0 spiro atoms. The molecule has 16 heavy (non-hydrogen) atoms. The molecule has 0 amide bonds. The van der Waals surface area contributed by atoms with Gasteiger partial charge in [0, 0.05) is 25.7 Å². The summed E-state index contributed by atoms with van der Waals surface area (Å²) in [5.41, 5.74) is 1.18. The maximum absolute atomic E-state index is 8.78. The number of nitriles is 1. The maximum Gasteiger partial charge on any atom is 0.0666 e. The minimum Gasteiger partial charge on any atom is -0.311 e. The van der Waals surface area contributed by atoms with Gasteiger partial charge >= 0.3 is 0 Å². The van der Waals surface area contributed by atoms with Gasteiger partial charge in [0.05, 0.1) is 12.0 Å². The lowest BCUT2D eigenvalue weighted by Crippen LogP contribution is -2.33. The van der Waals surface area contributed by atoms with E-state index in [0.29, 0.717) is 6.04 Å². The molecule has 0 saturated carbocycles. The second-order valence-corrected chi connectivity index (χ2v) is 4.64. The van der Waals surface area contributed by atoms with Crippen molar-refractivity contribution in [1.82, 2.24) is 10.2 Å². The van der Waals surface area contributed by atoms with E-state index in [1.165, 1.54) is 5.57 Å². The molecule has 0 aromatic heterocycles. The first-order valence-corrected chi connectivity index (χ1v) is 6.01. The Labute approximate surface area is 100 Å². The lowest BCUT2D eigenvalue weighted by atomic mass is 10.1. The van der Waals surface area contributed by atoms with Crippen LogP contribution in [0, 0.1) is 17.2 Å². The third-order valence-corrected chi connectivity index (χ3v) is 2.41. The second-order valence-electron chi connectivity index (χ2n) is 4.64. The SMILES string of the molecule is C=C(CNC(C)C)CN(CC)CC(C)C#N. The van der Waals surface area contributed by atoms with Gasteiger partial charge in [-0.1, -0.05) is 27.4 Å². The Morgan fingerprint density at radius 2 is 2.06 bits per heavy atom.